The van der Waals surface area contributed by atoms with Crippen LogP contribution in [0, 0.1) is 0 Å². The Morgan fingerprint density at radius 2 is 1.70 bits per heavy atom. The van der Waals surface area contributed by atoms with Crippen molar-refractivity contribution in [2.45, 2.75) is 37.9 Å². The Morgan fingerprint density at radius 3 is 2.35 bits per heavy atom. The number of alkyl halides is 1. The lowest BCUT2D eigenvalue weighted by molar-refractivity contribution is 0.0711. The molecule has 0 spiro atoms. The number of nitrogens with zero attached hydrogens (tertiary/aromatic N) is 4. The van der Waals surface area contributed by atoms with Crippen LogP contribution >= 0.6 is 11.6 Å². The summed E-state index contributed by atoms with van der Waals surface area (Å²) in [6.07, 6.45) is 6.51. The van der Waals surface area contributed by atoms with Crippen molar-refractivity contribution in [1.82, 2.24) is 14.9 Å². The molecule has 1 aliphatic carbocycles. The van der Waals surface area contributed by atoms with Crippen molar-refractivity contribution >= 4 is 17.5 Å². The molecule has 0 unspecified atom stereocenters. The van der Waals surface area contributed by atoms with Gasteiger partial charge in [0.15, 0.2) is 0 Å². The molecule has 1 aromatic heterocycles. The Kier molecular flexibility index (Phi) is 4.36. The van der Waals surface area contributed by atoms with Gasteiger partial charge in [0.25, 0.3) is 0 Å². The van der Waals surface area contributed by atoms with Crippen molar-refractivity contribution in [2.75, 3.05) is 31.1 Å². The number of hydrogen-bond donors (Lipinski definition) is 0. The highest BCUT2D eigenvalue weighted by Gasteiger charge is 2.32. The van der Waals surface area contributed by atoms with E-state index in [0.29, 0.717) is 5.02 Å². The van der Waals surface area contributed by atoms with Crippen LogP contribution in [0.3, 0.4) is 0 Å². The Balaban J connectivity index is 1.57. The van der Waals surface area contributed by atoms with E-state index >= 15 is 0 Å². The summed E-state index contributed by atoms with van der Waals surface area (Å²) in [5, 5.41) is 0.551. The molecule has 4 nitrogen and oxygen atoms in total. The number of hydrogen-bond acceptors (Lipinski definition) is 4. The second-order valence-corrected chi connectivity index (χ2v) is 6.03. The van der Waals surface area contributed by atoms with E-state index < -0.39 is 6.17 Å². The normalized spacial score (nSPS) is 28.6. The molecule has 2 heterocycles. The number of aromatic nitrogens is 2. The van der Waals surface area contributed by atoms with E-state index in [1.54, 1.807) is 12.4 Å². The Morgan fingerprint density at radius 1 is 1.05 bits per heavy atom. The van der Waals surface area contributed by atoms with Crippen LogP contribution in [0.25, 0.3) is 0 Å². The third-order valence-corrected chi connectivity index (χ3v) is 4.52. The lowest BCUT2D eigenvalue weighted by Gasteiger charge is -2.41. The van der Waals surface area contributed by atoms with Crippen LogP contribution < -0.4 is 4.90 Å². The lowest BCUT2D eigenvalue weighted by Crippen LogP contribution is -2.54. The predicted octanol–water partition coefficient (Wildman–Crippen LogP) is 2.53. The van der Waals surface area contributed by atoms with E-state index in [-0.39, 0.29) is 6.04 Å². The van der Waals surface area contributed by atoms with Gasteiger partial charge in [-0.2, -0.15) is 0 Å². The first kappa shape index (κ1) is 14.0. The molecule has 3 rings (SSSR count). The number of anilines is 1. The zero-order valence-electron chi connectivity index (χ0n) is 11.5. The molecule has 0 N–H and O–H groups in total. The third kappa shape index (κ3) is 3.04. The van der Waals surface area contributed by atoms with Gasteiger partial charge in [-0.05, 0) is 12.8 Å². The zero-order valence-corrected chi connectivity index (χ0v) is 12.3. The van der Waals surface area contributed by atoms with Crippen molar-refractivity contribution < 1.29 is 4.39 Å². The van der Waals surface area contributed by atoms with Crippen LogP contribution in [0.2, 0.25) is 5.02 Å². The van der Waals surface area contributed by atoms with Gasteiger partial charge in [0.1, 0.15) is 6.17 Å². The van der Waals surface area contributed by atoms with Crippen LogP contribution in [0.4, 0.5) is 10.3 Å². The average Bonchev–Trinajstić information content (AvgIpc) is 2.49. The van der Waals surface area contributed by atoms with Gasteiger partial charge in [0.05, 0.1) is 17.4 Å². The summed E-state index contributed by atoms with van der Waals surface area (Å²) in [4.78, 5) is 12.9. The number of halogens is 2. The third-order valence-electron chi connectivity index (χ3n) is 4.32. The minimum absolute atomic E-state index is 0.122. The van der Waals surface area contributed by atoms with Gasteiger partial charge in [-0.25, -0.2) is 14.4 Å². The monoisotopic (exact) mass is 298 g/mol. The van der Waals surface area contributed by atoms with Crippen LogP contribution in [-0.2, 0) is 0 Å². The van der Waals surface area contributed by atoms with E-state index in [0.717, 1.165) is 57.8 Å². The molecule has 1 saturated carbocycles. The molecule has 1 saturated heterocycles. The molecule has 0 radical (unpaired) electrons. The molecule has 0 bridgehead atoms. The first-order valence-electron chi connectivity index (χ1n) is 7.34. The topological polar surface area (TPSA) is 32.3 Å². The number of rotatable bonds is 2. The second kappa shape index (κ2) is 6.22. The molecule has 110 valence electrons. The first-order chi connectivity index (χ1) is 9.74. The van der Waals surface area contributed by atoms with Gasteiger partial charge >= 0.3 is 0 Å². The molecule has 1 aromatic rings. The van der Waals surface area contributed by atoms with Crippen LogP contribution in [-0.4, -0.2) is 53.3 Å². The summed E-state index contributed by atoms with van der Waals surface area (Å²) in [6.45, 7) is 3.48. The Labute approximate surface area is 123 Å². The van der Waals surface area contributed by atoms with Crippen molar-refractivity contribution in [3.63, 3.8) is 0 Å². The molecule has 6 heteroatoms. The minimum Gasteiger partial charge on any atom is -0.338 e. The molecular weight excluding hydrogens is 279 g/mol. The Bertz CT molecular complexity index is 433. The van der Waals surface area contributed by atoms with Crippen molar-refractivity contribution in [3.8, 4) is 0 Å². The van der Waals surface area contributed by atoms with Gasteiger partial charge in [0.2, 0.25) is 5.95 Å². The lowest BCUT2D eigenvalue weighted by atomic mass is 9.92. The maximum atomic E-state index is 14.0. The zero-order chi connectivity index (χ0) is 13.9. The second-order valence-electron chi connectivity index (χ2n) is 5.59. The highest BCUT2D eigenvalue weighted by Crippen LogP contribution is 2.26. The molecule has 2 aliphatic rings. The summed E-state index contributed by atoms with van der Waals surface area (Å²) in [5.41, 5.74) is 0. The van der Waals surface area contributed by atoms with E-state index in [2.05, 4.69) is 19.8 Å². The summed E-state index contributed by atoms with van der Waals surface area (Å²) in [6, 6.07) is 0.122. The summed E-state index contributed by atoms with van der Waals surface area (Å²) in [7, 11) is 0. The van der Waals surface area contributed by atoms with E-state index in [9.17, 15) is 4.39 Å². The van der Waals surface area contributed by atoms with Crippen molar-refractivity contribution in [2.24, 2.45) is 0 Å². The summed E-state index contributed by atoms with van der Waals surface area (Å²) in [5.74, 6) is 0.717. The molecule has 2 fully saturated rings. The minimum atomic E-state index is -0.651. The molecule has 1 aliphatic heterocycles. The van der Waals surface area contributed by atoms with Crippen LogP contribution in [0.1, 0.15) is 25.7 Å². The largest absolute Gasteiger partial charge is 0.338 e. The predicted molar refractivity (Wildman–Crippen MR) is 78.0 cm³/mol. The van der Waals surface area contributed by atoms with Gasteiger partial charge in [-0.3, -0.25) is 4.90 Å². The maximum absolute atomic E-state index is 14.0. The molecule has 2 atom stereocenters. The van der Waals surface area contributed by atoms with E-state index in [1.165, 1.54) is 0 Å². The Hall–Kier alpha value is -0.940. The highest BCUT2D eigenvalue weighted by atomic mass is 35.5. The smallest absolute Gasteiger partial charge is 0.225 e. The highest BCUT2D eigenvalue weighted by molar-refractivity contribution is 6.30. The molecule has 0 aromatic carbocycles. The van der Waals surface area contributed by atoms with Crippen LogP contribution in [0.15, 0.2) is 12.4 Å². The number of piperazine rings is 1. The molecular formula is C14H20ClFN4. The SMILES string of the molecule is F[C@@H]1CCCC[C@H]1N1CCN(c2ncc(Cl)cn2)CC1. The fourth-order valence-electron chi connectivity index (χ4n) is 3.20. The van der Waals surface area contributed by atoms with Gasteiger partial charge < -0.3 is 4.90 Å². The first-order valence-corrected chi connectivity index (χ1v) is 7.72. The van der Waals surface area contributed by atoms with Gasteiger partial charge in [0, 0.05) is 32.2 Å². The van der Waals surface area contributed by atoms with Crippen molar-refractivity contribution in [1.29, 1.82) is 0 Å². The van der Waals surface area contributed by atoms with Crippen molar-refractivity contribution in [3.05, 3.63) is 17.4 Å². The summed E-state index contributed by atoms with van der Waals surface area (Å²) < 4.78 is 14.0. The van der Waals surface area contributed by atoms with E-state index in [1.807, 2.05) is 0 Å². The van der Waals surface area contributed by atoms with E-state index in [4.69, 9.17) is 11.6 Å². The fourth-order valence-corrected chi connectivity index (χ4v) is 3.30. The quantitative estimate of drug-likeness (QED) is 0.840. The van der Waals surface area contributed by atoms with Crippen LogP contribution in [0.5, 0.6) is 0 Å². The molecule has 20 heavy (non-hydrogen) atoms. The standard InChI is InChI=1S/C14H20ClFN4/c15-11-9-17-14(18-10-11)20-7-5-19(6-8-20)13-4-2-1-3-12(13)16/h9-10,12-13H,1-8H2/t12-,13-/m1/s1. The fraction of sp³-hybridized carbons (Fsp3) is 0.714. The van der Waals surface area contributed by atoms with Gasteiger partial charge in [-0.15, -0.1) is 0 Å². The van der Waals surface area contributed by atoms with Gasteiger partial charge in [-0.1, -0.05) is 24.4 Å². The summed E-state index contributed by atoms with van der Waals surface area (Å²) >= 11 is 5.80. The maximum Gasteiger partial charge on any atom is 0.225 e. The molecule has 0 amide bonds. The average molecular weight is 299 g/mol.